The molecular weight excluding hydrogens is 439 g/mol. The third-order valence-corrected chi connectivity index (χ3v) is 8.53. The average Bonchev–Trinajstić information content (AvgIpc) is 3.23. The van der Waals surface area contributed by atoms with Gasteiger partial charge in [-0.2, -0.15) is 17.5 Å². The van der Waals surface area contributed by atoms with Crippen molar-refractivity contribution in [2.45, 2.75) is 29.0 Å². The zero-order valence-corrected chi connectivity index (χ0v) is 18.2. The van der Waals surface area contributed by atoms with E-state index in [1.807, 2.05) is 4.90 Å². The normalized spacial score (nSPS) is 20.9. The molecule has 11 heteroatoms. The summed E-state index contributed by atoms with van der Waals surface area (Å²) < 4.78 is 66.7. The summed E-state index contributed by atoms with van der Waals surface area (Å²) in [5.74, 6) is 0. The van der Waals surface area contributed by atoms with Gasteiger partial charge in [-0.05, 0) is 43.1 Å². The predicted molar refractivity (Wildman–Crippen MR) is 110 cm³/mol. The van der Waals surface area contributed by atoms with Crippen LogP contribution < -0.4 is 10.2 Å². The maximum Gasteiger partial charge on any atom is 0.421 e. The Morgan fingerprint density at radius 2 is 1.87 bits per heavy atom. The maximum absolute atomic E-state index is 13.1. The van der Waals surface area contributed by atoms with E-state index in [-0.39, 0.29) is 28.9 Å². The van der Waals surface area contributed by atoms with Gasteiger partial charge < -0.3 is 15.3 Å². The molecule has 6 nitrogen and oxygen atoms in total. The van der Waals surface area contributed by atoms with E-state index in [0.29, 0.717) is 18.8 Å². The minimum absolute atomic E-state index is 0.201. The number of rotatable bonds is 6. The molecule has 0 radical (unpaired) electrons. The van der Waals surface area contributed by atoms with Gasteiger partial charge in [-0.1, -0.05) is 18.2 Å². The molecule has 2 atom stereocenters. The van der Waals surface area contributed by atoms with Crippen LogP contribution in [0.15, 0.2) is 46.0 Å². The van der Waals surface area contributed by atoms with E-state index in [1.165, 1.54) is 39.9 Å². The number of hydrogen-bond donors (Lipinski definition) is 2. The molecule has 2 aromatic rings. The molecule has 1 unspecified atom stereocenters. The van der Waals surface area contributed by atoms with E-state index in [2.05, 4.69) is 5.32 Å². The lowest BCUT2D eigenvalue weighted by molar-refractivity contribution is -0.258. The van der Waals surface area contributed by atoms with E-state index in [9.17, 15) is 26.7 Å². The topological polar surface area (TPSA) is 72.9 Å². The van der Waals surface area contributed by atoms with Crippen LogP contribution in [0.25, 0.3) is 0 Å². The molecule has 3 rings (SSSR count). The highest BCUT2D eigenvalue weighted by Gasteiger charge is 2.51. The number of aliphatic hydroxyl groups is 1. The summed E-state index contributed by atoms with van der Waals surface area (Å²) in [7, 11) is -1.82. The van der Waals surface area contributed by atoms with Crippen molar-refractivity contribution in [3.63, 3.8) is 0 Å². The van der Waals surface area contributed by atoms with Crippen LogP contribution in [-0.4, -0.2) is 63.3 Å². The highest BCUT2D eigenvalue weighted by atomic mass is 32.2. The van der Waals surface area contributed by atoms with Crippen molar-refractivity contribution < 1.29 is 26.7 Å². The van der Waals surface area contributed by atoms with Gasteiger partial charge in [0.2, 0.25) is 0 Å². The molecule has 1 aliphatic heterocycles. The van der Waals surface area contributed by atoms with Gasteiger partial charge >= 0.3 is 6.18 Å². The van der Waals surface area contributed by atoms with Crippen molar-refractivity contribution in [2.75, 3.05) is 38.1 Å². The van der Waals surface area contributed by atoms with Crippen LogP contribution in [0.5, 0.6) is 0 Å². The first-order valence-corrected chi connectivity index (χ1v) is 11.6. The number of nitrogens with one attached hydrogen (secondary N) is 1. The second-order valence-corrected chi connectivity index (χ2v) is 10.4. The Kier molecular flexibility index (Phi) is 6.49. The molecule has 0 spiro atoms. The summed E-state index contributed by atoms with van der Waals surface area (Å²) in [6, 6.07) is 8.64. The summed E-state index contributed by atoms with van der Waals surface area (Å²) in [5.41, 5.74) is -2.52. The fraction of sp³-hybridized carbons (Fsp3) is 0.474. The van der Waals surface area contributed by atoms with Gasteiger partial charge in [-0.15, -0.1) is 11.3 Å². The van der Waals surface area contributed by atoms with Crippen LogP contribution in [0.4, 0.5) is 18.9 Å². The fourth-order valence-corrected chi connectivity index (χ4v) is 6.09. The van der Waals surface area contributed by atoms with E-state index >= 15 is 0 Å². The first kappa shape index (κ1) is 23.0. The van der Waals surface area contributed by atoms with Crippen molar-refractivity contribution in [3.05, 3.63) is 47.3 Å². The molecule has 0 amide bonds. The number of likely N-dealkylation sites (N-methyl/N-ethyl adjacent to an activating group) is 1. The van der Waals surface area contributed by atoms with Gasteiger partial charge in [0, 0.05) is 31.9 Å². The number of piperazine rings is 1. The standard InChI is InChI=1S/C19H24F3N3O3S2/c1-18(26,19(20,21)22)14-5-7-15(8-6-14)25-10-9-24(13-16(25)12-23-2)30(27,28)17-4-3-11-29-17/h3-8,11,16,23,26H,9-10,12-13H2,1-2H3/t16-,18?/m0/s1. The molecule has 1 aromatic heterocycles. The fourth-order valence-electron chi connectivity index (χ4n) is 3.47. The Hall–Kier alpha value is -1.66. The van der Waals surface area contributed by atoms with Gasteiger partial charge in [0.25, 0.3) is 10.0 Å². The van der Waals surface area contributed by atoms with Crippen LogP contribution in [-0.2, 0) is 15.6 Å². The molecule has 1 fully saturated rings. The quantitative estimate of drug-likeness (QED) is 0.689. The van der Waals surface area contributed by atoms with Crippen molar-refractivity contribution in [1.29, 1.82) is 0 Å². The Morgan fingerprint density at radius 1 is 1.20 bits per heavy atom. The van der Waals surface area contributed by atoms with E-state index in [4.69, 9.17) is 0 Å². The molecule has 2 N–H and O–H groups in total. The van der Waals surface area contributed by atoms with Gasteiger partial charge in [-0.3, -0.25) is 0 Å². The van der Waals surface area contributed by atoms with Gasteiger partial charge in [0.1, 0.15) is 4.21 Å². The van der Waals surface area contributed by atoms with Crippen molar-refractivity contribution in [1.82, 2.24) is 9.62 Å². The van der Waals surface area contributed by atoms with E-state index < -0.39 is 21.8 Å². The number of hydrogen-bond acceptors (Lipinski definition) is 6. The number of benzene rings is 1. The van der Waals surface area contributed by atoms with Crippen molar-refractivity contribution in [3.8, 4) is 0 Å². The van der Waals surface area contributed by atoms with Crippen molar-refractivity contribution in [2.24, 2.45) is 0 Å². The summed E-state index contributed by atoms with van der Waals surface area (Å²) in [4.78, 5) is 1.98. The average molecular weight is 464 g/mol. The smallest absolute Gasteiger partial charge is 0.376 e. The largest absolute Gasteiger partial charge is 0.421 e. The summed E-state index contributed by atoms with van der Waals surface area (Å²) >= 11 is 1.17. The lowest BCUT2D eigenvalue weighted by Crippen LogP contribution is -2.57. The molecule has 1 saturated heterocycles. The molecule has 30 heavy (non-hydrogen) atoms. The maximum atomic E-state index is 13.1. The molecule has 0 bridgehead atoms. The second kappa shape index (κ2) is 8.46. The molecule has 2 heterocycles. The predicted octanol–water partition coefficient (Wildman–Crippen LogP) is 2.62. The molecular formula is C19H24F3N3O3S2. The highest BCUT2D eigenvalue weighted by Crippen LogP contribution is 2.39. The molecule has 1 aromatic carbocycles. The Bertz CT molecular complexity index is 946. The number of thiophene rings is 1. The van der Waals surface area contributed by atoms with Crippen molar-refractivity contribution >= 4 is 27.0 Å². The second-order valence-electron chi connectivity index (χ2n) is 7.32. The summed E-state index contributed by atoms with van der Waals surface area (Å²) in [6.07, 6.45) is -4.79. The van der Waals surface area contributed by atoms with Gasteiger partial charge in [-0.25, -0.2) is 8.42 Å². The van der Waals surface area contributed by atoms with E-state index in [0.717, 1.165) is 6.92 Å². The molecule has 166 valence electrons. The third kappa shape index (κ3) is 4.35. The molecule has 0 saturated carbocycles. The lowest BCUT2D eigenvalue weighted by atomic mass is 9.95. The lowest BCUT2D eigenvalue weighted by Gasteiger charge is -2.42. The van der Waals surface area contributed by atoms with Crippen LogP contribution in [0.2, 0.25) is 0 Å². The van der Waals surface area contributed by atoms with Crippen LogP contribution >= 0.6 is 11.3 Å². The summed E-state index contributed by atoms with van der Waals surface area (Å²) in [5, 5.41) is 14.6. The molecule has 0 aliphatic carbocycles. The SMILES string of the molecule is CNC[C@H]1CN(S(=O)(=O)c2cccs2)CCN1c1ccc(C(C)(O)C(F)(F)F)cc1. The van der Waals surface area contributed by atoms with Gasteiger partial charge in [0.05, 0.1) is 6.04 Å². The first-order chi connectivity index (χ1) is 14.0. The Balaban J connectivity index is 1.82. The number of anilines is 1. The zero-order chi connectivity index (χ0) is 22.2. The number of halogens is 3. The minimum Gasteiger partial charge on any atom is -0.376 e. The van der Waals surface area contributed by atoms with Crippen LogP contribution in [0, 0.1) is 0 Å². The monoisotopic (exact) mass is 463 g/mol. The van der Waals surface area contributed by atoms with Crippen LogP contribution in [0.3, 0.4) is 0 Å². The number of alkyl halides is 3. The minimum atomic E-state index is -4.79. The van der Waals surface area contributed by atoms with E-state index in [1.54, 1.807) is 24.6 Å². The Labute approximate surface area is 178 Å². The summed E-state index contributed by atoms with van der Waals surface area (Å²) in [6.45, 7) is 2.13. The third-order valence-electron chi connectivity index (χ3n) is 5.29. The van der Waals surface area contributed by atoms with Gasteiger partial charge in [0.15, 0.2) is 5.60 Å². The van der Waals surface area contributed by atoms with Crippen LogP contribution in [0.1, 0.15) is 12.5 Å². The number of nitrogens with zero attached hydrogens (tertiary/aromatic N) is 2. The highest BCUT2D eigenvalue weighted by molar-refractivity contribution is 7.91. The zero-order valence-electron chi connectivity index (χ0n) is 16.6. The Morgan fingerprint density at radius 3 is 2.40 bits per heavy atom. The first-order valence-electron chi connectivity index (χ1n) is 9.33. The molecule has 1 aliphatic rings. The number of sulfonamides is 1.